The number of unbranched alkanes of at least 4 members (excludes halogenated alkanes) is 11. The van der Waals surface area contributed by atoms with Crippen LogP contribution in [0, 0.1) is 13.8 Å². The van der Waals surface area contributed by atoms with Crippen molar-refractivity contribution in [2.45, 2.75) is 117 Å². The highest BCUT2D eigenvalue weighted by Gasteiger charge is 2.11. The van der Waals surface area contributed by atoms with Gasteiger partial charge in [-0.15, -0.1) is 0 Å². The number of carbonyl (C=O) groups excluding carboxylic acids is 1. The molecule has 0 fully saturated rings. The molecule has 0 bridgehead atoms. The Morgan fingerprint density at radius 3 is 2.22 bits per heavy atom. The molecule has 0 radical (unpaired) electrons. The third kappa shape index (κ3) is 9.64. The van der Waals surface area contributed by atoms with E-state index in [0.29, 0.717) is 0 Å². The Balaban J connectivity index is 1.37. The lowest BCUT2D eigenvalue weighted by Gasteiger charge is -2.10. The van der Waals surface area contributed by atoms with Crippen molar-refractivity contribution in [3.63, 3.8) is 0 Å². The monoisotopic (exact) mass is 503 g/mol. The van der Waals surface area contributed by atoms with Crippen molar-refractivity contribution >= 4 is 16.9 Å². The third-order valence-electron chi connectivity index (χ3n) is 7.46. The van der Waals surface area contributed by atoms with Gasteiger partial charge in [-0.2, -0.15) is 0 Å². The smallest absolute Gasteiger partial charge is 0.251 e. The van der Waals surface area contributed by atoms with Crippen LogP contribution in [-0.2, 0) is 13.0 Å². The number of hydrogen-bond acceptors (Lipinski definition) is 2. The molecule has 0 saturated carbocycles. The second kappa shape index (κ2) is 16.3. The second-order valence-electron chi connectivity index (χ2n) is 10.7. The number of amides is 1. The van der Waals surface area contributed by atoms with Gasteiger partial charge in [-0.3, -0.25) is 4.79 Å². The number of nitrogens with one attached hydrogen (secondary N) is 1. The molecule has 1 aromatic heterocycles. The Hall–Kier alpha value is -2.62. The van der Waals surface area contributed by atoms with Gasteiger partial charge in [0.1, 0.15) is 5.82 Å². The average Bonchev–Trinajstić information content (AvgIpc) is 3.24. The molecule has 1 N–H and O–H groups in total. The molecule has 0 saturated heterocycles. The van der Waals surface area contributed by atoms with E-state index < -0.39 is 0 Å². The van der Waals surface area contributed by atoms with Crippen LogP contribution in [0.3, 0.4) is 0 Å². The van der Waals surface area contributed by atoms with Gasteiger partial charge in [0, 0.05) is 25.1 Å². The molecule has 2 aromatic carbocycles. The molecule has 202 valence electrons. The number of benzene rings is 2. The third-order valence-corrected chi connectivity index (χ3v) is 7.46. The molecule has 37 heavy (non-hydrogen) atoms. The molecule has 0 spiro atoms. The van der Waals surface area contributed by atoms with Gasteiger partial charge in [-0.1, -0.05) is 101 Å². The summed E-state index contributed by atoms with van der Waals surface area (Å²) in [6, 6.07) is 14.6. The number of aryl methyl sites for hydroxylation is 4. The first-order chi connectivity index (χ1) is 18.1. The number of carbonyl (C=O) groups is 1. The SMILES string of the molecule is CCCCCCCCCCCCn1c(CCCCCNC(=O)c2ccc(C)cc2C)nc2ccccc21. The van der Waals surface area contributed by atoms with Crippen LogP contribution < -0.4 is 5.32 Å². The molecule has 0 aliphatic heterocycles. The van der Waals surface area contributed by atoms with Crippen LogP contribution >= 0.6 is 0 Å². The van der Waals surface area contributed by atoms with E-state index in [1.165, 1.54) is 81.1 Å². The van der Waals surface area contributed by atoms with Gasteiger partial charge >= 0.3 is 0 Å². The van der Waals surface area contributed by atoms with E-state index in [1.807, 2.05) is 19.1 Å². The summed E-state index contributed by atoms with van der Waals surface area (Å²) in [4.78, 5) is 17.5. The fourth-order valence-electron chi connectivity index (χ4n) is 5.27. The van der Waals surface area contributed by atoms with Gasteiger partial charge in [0.2, 0.25) is 0 Å². The quantitative estimate of drug-likeness (QED) is 0.176. The molecule has 1 heterocycles. The summed E-state index contributed by atoms with van der Waals surface area (Å²) in [6.07, 6.45) is 17.8. The van der Waals surface area contributed by atoms with E-state index in [4.69, 9.17) is 4.98 Å². The highest BCUT2D eigenvalue weighted by molar-refractivity contribution is 5.95. The van der Waals surface area contributed by atoms with Gasteiger partial charge in [0.25, 0.3) is 5.91 Å². The zero-order valence-electron chi connectivity index (χ0n) is 23.7. The number of imidazole rings is 1. The summed E-state index contributed by atoms with van der Waals surface area (Å²) in [7, 11) is 0. The summed E-state index contributed by atoms with van der Waals surface area (Å²) >= 11 is 0. The van der Waals surface area contributed by atoms with Crippen LogP contribution in [0.4, 0.5) is 0 Å². The van der Waals surface area contributed by atoms with Crippen molar-refractivity contribution in [3.8, 4) is 0 Å². The summed E-state index contributed by atoms with van der Waals surface area (Å²) in [6.45, 7) is 8.13. The summed E-state index contributed by atoms with van der Waals surface area (Å²) in [5.74, 6) is 1.26. The van der Waals surface area contributed by atoms with Crippen molar-refractivity contribution in [2.24, 2.45) is 0 Å². The second-order valence-corrected chi connectivity index (χ2v) is 10.7. The minimum Gasteiger partial charge on any atom is -0.352 e. The van der Waals surface area contributed by atoms with Gasteiger partial charge < -0.3 is 9.88 Å². The van der Waals surface area contributed by atoms with E-state index in [9.17, 15) is 4.79 Å². The number of hydrogen-bond donors (Lipinski definition) is 1. The molecule has 0 aliphatic carbocycles. The fraction of sp³-hybridized carbons (Fsp3) is 0.576. The lowest BCUT2D eigenvalue weighted by molar-refractivity contribution is 0.0952. The van der Waals surface area contributed by atoms with Gasteiger partial charge in [-0.25, -0.2) is 4.98 Å². The van der Waals surface area contributed by atoms with Gasteiger partial charge in [0.15, 0.2) is 0 Å². The van der Waals surface area contributed by atoms with Crippen molar-refractivity contribution in [1.29, 1.82) is 0 Å². The highest BCUT2D eigenvalue weighted by atomic mass is 16.1. The zero-order chi connectivity index (χ0) is 26.3. The van der Waals surface area contributed by atoms with Crippen molar-refractivity contribution < 1.29 is 4.79 Å². The Bertz CT molecular complexity index is 1080. The van der Waals surface area contributed by atoms with E-state index >= 15 is 0 Å². The van der Waals surface area contributed by atoms with E-state index in [1.54, 1.807) is 0 Å². The molecular weight excluding hydrogens is 454 g/mol. The van der Waals surface area contributed by atoms with Crippen LogP contribution in [0.1, 0.15) is 118 Å². The minimum atomic E-state index is 0.0378. The van der Waals surface area contributed by atoms with E-state index in [2.05, 4.69) is 54.1 Å². The Labute approximate surface area is 225 Å². The highest BCUT2D eigenvalue weighted by Crippen LogP contribution is 2.20. The predicted octanol–water partition coefficient (Wildman–Crippen LogP) is 8.72. The summed E-state index contributed by atoms with van der Waals surface area (Å²) < 4.78 is 2.46. The van der Waals surface area contributed by atoms with E-state index in [-0.39, 0.29) is 5.91 Å². The van der Waals surface area contributed by atoms with Crippen LogP contribution in [-0.4, -0.2) is 22.0 Å². The Morgan fingerprint density at radius 1 is 0.811 bits per heavy atom. The number of aromatic nitrogens is 2. The topological polar surface area (TPSA) is 46.9 Å². The van der Waals surface area contributed by atoms with Crippen molar-refractivity contribution in [3.05, 3.63) is 65.0 Å². The van der Waals surface area contributed by atoms with Crippen molar-refractivity contribution in [2.75, 3.05) is 6.54 Å². The van der Waals surface area contributed by atoms with Gasteiger partial charge in [0.05, 0.1) is 11.0 Å². The number of fused-ring (bicyclic) bond motifs is 1. The molecule has 0 unspecified atom stereocenters. The van der Waals surface area contributed by atoms with Gasteiger partial charge in [-0.05, 0) is 56.9 Å². The summed E-state index contributed by atoms with van der Waals surface area (Å²) in [5.41, 5.74) is 5.40. The Kier molecular flexibility index (Phi) is 12.7. The largest absolute Gasteiger partial charge is 0.352 e. The minimum absolute atomic E-state index is 0.0378. The molecule has 4 heteroatoms. The molecule has 0 aliphatic rings. The average molecular weight is 504 g/mol. The van der Waals surface area contributed by atoms with Crippen LogP contribution in [0.15, 0.2) is 42.5 Å². The molecule has 3 rings (SSSR count). The molecular formula is C33H49N3O. The zero-order valence-corrected chi connectivity index (χ0v) is 23.7. The maximum Gasteiger partial charge on any atom is 0.251 e. The molecule has 4 nitrogen and oxygen atoms in total. The molecule has 0 atom stereocenters. The predicted molar refractivity (Wildman–Crippen MR) is 157 cm³/mol. The number of rotatable bonds is 18. The first-order valence-electron chi connectivity index (χ1n) is 14.9. The lowest BCUT2D eigenvalue weighted by Crippen LogP contribution is -2.25. The van der Waals surface area contributed by atoms with Crippen LogP contribution in [0.25, 0.3) is 11.0 Å². The van der Waals surface area contributed by atoms with E-state index in [0.717, 1.165) is 55.4 Å². The molecule has 3 aromatic rings. The number of nitrogens with zero attached hydrogens (tertiary/aromatic N) is 2. The van der Waals surface area contributed by atoms with Crippen LogP contribution in [0.2, 0.25) is 0 Å². The normalized spacial score (nSPS) is 11.3. The maximum absolute atomic E-state index is 12.5. The lowest BCUT2D eigenvalue weighted by atomic mass is 10.1. The first kappa shape index (κ1) is 28.9. The maximum atomic E-state index is 12.5. The molecule has 1 amide bonds. The Morgan fingerprint density at radius 2 is 1.49 bits per heavy atom. The number of para-hydroxylation sites is 2. The summed E-state index contributed by atoms with van der Waals surface area (Å²) in [5, 5.41) is 3.09. The standard InChI is InChI=1S/C33H49N3O/c1-4-5-6-7-8-9-10-11-12-18-25-36-31-20-16-15-19-30(31)35-32(36)21-14-13-17-24-34-33(37)29-23-22-27(2)26-28(29)3/h15-16,19-20,22-23,26H,4-14,17-18,21,24-25H2,1-3H3,(H,34,37). The van der Waals surface area contributed by atoms with Crippen molar-refractivity contribution in [1.82, 2.24) is 14.9 Å². The fourth-order valence-corrected chi connectivity index (χ4v) is 5.27. The first-order valence-corrected chi connectivity index (χ1v) is 14.9. The van der Waals surface area contributed by atoms with Crippen LogP contribution in [0.5, 0.6) is 0 Å².